The zero-order chi connectivity index (χ0) is 10.0. The SMILES string of the molecule is N#Cc1[nH]c(=O)c(Br)cc1C(F)F. The average molecular weight is 249 g/mol. The number of hydrogen-bond donors (Lipinski definition) is 1. The summed E-state index contributed by atoms with van der Waals surface area (Å²) in [5.41, 5.74) is -1.47. The largest absolute Gasteiger partial charge is 0.312 e. The van der Waals surface area contributed by atoms with E-state index in [1.807, 2.05) is 4.98 Å². The Morgan fingerprint density at radius 3 is 2.69 bits per heavy atom. The van der Waals surface area contributed by atoms with E-state index < -0.39 is 23.2 Å². The first-order chi connectivity index (χ1) is 6.06. The van der Waals surface area contributed by atoms with Gasteiger partial charge in [0.25, 0.3) is 12.0 Å². The lowest BCUT2D eigenvalue weighted by Crippen LogP contribution is -2.11. The molecular formula is C7H3BrF2N2O. The van der Waals surface area contributed by atoms with Crippen molar-refractivity contribution in [3.05, 3.63) is 32.2 Å². The fourth-order valence-electron chi connectivity index (χ4n) is 0.784. The summed E-state index contributed by atoms with van der Waals surface area (Å²) in [4.78, 5) is 12.9. The Balaban J connectivity index is 3.44. The maximum atomic E-state index is 12.2. The quantitative estimate of drug-likeness (QED) is 0.826. The predicted molar refractivity (Wildman–Crippen MR) is 44.4 cm³/mol. The molecule has 0 aliphatic carbocycles. The molecule has 0 radical (unpaired) electrons. The maximum Gasteiger partial charge on any atom is 0.266 e. The van der Waals surface area contributed by atoms with Crippen LogP contribution in [-0.2, 0) is 0 Å². The minimum Gasteiger partial charge on any atom is -0.312 e. The van der Waals surface area contributed by atoms with Gasteiger partial charge in [0.05, 0.1) is 10.0 Å². The first kappa shape index (κ1) is 9.86. The highest BCUT2D eigenvalue weighted by atomic mass is 79.9. The van der Waals surface area contributed by atoms with Crippen LogP contribution in [0.25, 0.3) is 0 Å². The van der Waals surface area contributed by atoms with Gasteiger partial charge in [-0.05, 0) is 22.0 Å². The highest BCUT2D eigenvalue weighted by Gasteiger charge is 2.15. The van der Waals surface area contributed by atoms with Crippen LogP contribution in [0.4, 0.5) is 8.78 Å². The summed E-state index contributed by atoms with van der Waals surface area (Å²) in [5.74, 6) is 0. The molecule has 0 saturated carbocycles. The van der Waals surface area contributed by atoms with Crippen molar-refractivity contribution in [1.82, 2.24) is 4.98 Å². The lowest BCUT2D eigenvalue weighted by atomic mass is 10.2. The number of nitrogens with one attached hydrogen (secondary N) is 1. The molecule has 1 aromatic heterocycles. The lowest BCUT2D eigenvalue weighted by molar-refractivity contribution is 0.150. The molecule has 1 aromatic rings. The fraction of sp³-hybridized carbons (Fsp3) is 0.143. The number of H-pyrrole nitrogens is 1. The van der Waals surface area contributed by atoms with E-state index in [1.54, 1.807) is 0 Å². The van der Waals surface area contributed by atoms with Crippen molar-refractivity contribution in [3.63, 3.8) is 0 Å². The monoisotopic (exact) mass is 248 g/mol. The molecule has 0 aliphatic rings. The Hall–Kier alpha value is -1.22. The smallest absolute Gasteiger partial charge is 0.266 e. The summed E-state index contributed by atoms with van der Waals surface area (Å²) < 4.78 is 24.5. The van der Waals surface area contributed by atoms with Gasteiger partial charge in [-0.2, -0.15) is 5.26 Å². The summed E-state index contributed by atoms with van der Waals surface area (Å²) in [5, 5.41) is 8.41. The van der Waals surface area contributed by atoms with Gasteiger partial charge >= 0.3 is 0 Å². The van der Waals surface area contributed by atoms with Gasteiger partial charge in [0.2, 0.25) is 0 Å². The molecule has 0 amide bonds. The molecule has 1 rings (SSSR count). The molecule has 1 N–H and O–H groups in total. The Labute approximate surface area is 80.1 Å². The molecule has 6 heteroatoms. The molecule has 0 bridgehead atoms. The third-order valence-electron chi connectivity index (χ3n) is 1.37. The molecule has 0 saturated heterocycles. The Morgan fingerprint density at radius 2 is 2.23 bits per heavy atom. The number of rotatable bonds is 1. The number of aromatic nitrogens is 1. The van der Waals surface area contributed by atoms with Crippen molar-refractivity contribution >= 4 is 15.9 Å². The summed E-state index contributed by atoms with van der Waals surface area (Å²) in [7, 11) is 0. The van der Waals surface area contributed by atoms with Crippen LogP contribution in [-0.4, -0.2) is 4.98 Å². The van der Waals surface area contributed by atoms with Gasteiger partial charge in [0.1, 0.15) is 11.8 Å². The van der Waals surface area contributed by atoms with Crippen LogP contribution in [0.3, 0.4) is 0 Å². The molecule has 0 atom stereocenters. The van der Waals surface area contributed by atoms with E-state index in [-0.39, 0.29) is 4.47 Å². The number of halogens is 3. The number of nitriles is 1. The Bertz CT molecular complexity index is 421. The van der Waals surface area contributed by atoms with Gasteiger partial charge in [0, 0.05) is 0 Å². The zero-order valence-corrected chi connectivity index (χ0v) is 7.73. The molecule has 0 aromatic carbocycles. The summed E-state index contributed by atoms with van der Waals surface area (Å²) in [6.07, 6.45) is -2.78. The van der Waals surface area contributed by atoms with Gasteiger partial charge in [-0.15, -0.1) is 0 Å². The minimum atomic E-state index is -2.78. The zero-order valence-electron chi connectivity index (χ0n) is 6.14. The molecule has 1 heterocycles. The molecule has 0 aliphatic heterocycles. The van der Waals surface area contributed by atoms with Crippen molar-refractivity contribution in [3.8, 4) is 6.07 Å². The number of aromatic amines is 1. The molecule has 0 unspecified atom stereocenters. The van der Waals surface area contributed by atoms with E-state index in [0.717, 1.165) is 6.07 Å². The van der Waals surface area contributed by atoms with Gasteiger partial charge in [0.15, 0.2) is 0 Å². The van der Waals surface area contributed by atoms with Crippen molar-refractivity contribution in [1.29, 1.82) is 5.26 Å². The van der Waals surface area contributed by atoms with E-state index >= 15 is 0 Å². The third-order valence-corrected chi connectivity index (χ3v) is 1.96. The molecule has 13 heavy (non-hydrogen) atoms. The molecule has 68 valence electrons. The van der Waals surface area contributed by atoms with Gasteiger partial charge in [-0.3, -0.25) is 4.79 Å². The molecule has 3 nitrogen and oxygen atoms in total. The summed E-state index contributed by atoms with van der Waals surface area (Å²) >= 11 is 2.79. The van der Waals surface area contributed by atoms with Crippen LogP contribution < -0.4 is 5.56 Å². The standard InChI is InChI=1S/C7H3BrF2N2O/c8-4-1-3(6(9)10)5(2-11)12-7(4)13/h1,6H,(H,12,13). The topological polar surface area (TPSA) is 56.6 Å². The maximum absolute atomic E-state index is 12.2. The van der Waals surface area contributed by atoms with Crippen LogP contribution in [0, 0.1) is 11.3 Å². The van der Waals surface area contributed by atoms with Crippen molar-refractivity contribution in [2.24, 2.45) is 0 Å². The Morgan fingerprint density at radius 1 is 1.62 bits per heavy atom. The first-order valence-electron chi connectivity index (χ1n) is 3.17. The second kappa shape index (κ2) is 3.66. The van der Waals surface area contributed by atoms with Crippen molar-refractivity contribution in [2.45, 2.75) is 6.43 Å². The van der Waals surface area contributed by atoms with Gasteiger partial charge < -0.3 is 4.98 Å². The number of hydrogen-bond acceptors (Lipinski definition) is 2. The van der Waals surface area contributed by atoms with E-state index in [9.17, 15) is 13.6 Å². The number of pyridine rings is 1. The van der Waals surface area contributed by atoms with E-state index in [4.69, 9.17) is 5.26 Å². The van der Waals surface area contributed by atoms with E-state index in [1.165, 1.54) is 6.07 Å². The minimum absolute atomic E-state index is 0.0122. The molecular weight excluding hydrogens is 246 g/mol. The lowest BCUT2D eigenvalue weighted by Gasteiger charge is -2.01. The van der Waals surface area contributed by atoms with Crippen LogP contribution in [0.2, 0.25) is 0 Å². The highest BCUT2D eigenvalue weighted by Crippen LogP contribution is 2.22. The van der Waals surface area contributed by atoms with Gasteiger partial charge in [-0.25, -0.2) is 8.78 Å². The summed E-state index contributed by atoms with van der Waals surface area (Å²) in [6, 6.07) is 2.44. The van der Waals surface area contributed by atoms with Gasteiger partial charge in [-0.1, -0.05) is 0 Å². The first-order valence-corrected chi connectivity index (χ1v) is 3.96. The van der Waals surface area contributed by atoms with Crippen molar-refractivity contribution < 1.29 is 8.78 Å². The molecule has 0 fully saturated rings. The van der Waals surface area contributed by atoms with Crippen LogP contribution in [0.1, 0.15) is 17.7 Å². The van der Waals surface area contributed by atoms with Crippen LogP contribution in [0.5, 0.6) is 0 Å². The normalized spacial score (nSPS) is 10.1. The fourth-order valence-corrected chi connectivity index (χ4v) is 1.13. The summed E-state index contributed by atoms with van der Waals surface area (Å²) in [6.45, 7) is 0. The number of nitrogens with zero attached hydrogens (tertiary/aromatic N) is 1. The second-order valence-corrected chi connectivity index (χ2v) is 3.04. The average Bonchev–Trinajstić information content (AvgIpc) is 2.08. The second-order valence-electron chi connectivity index (χ2n) is 2.19. The number of alkyl halides is 2. The van der Waals surface area contributed by atoms with Crippen LogP contribution >= 0.6 is 15.9 Å². The third kappa shape index (κ3) is 1.92. The van der Waals surface area contributed by atoms with E-state index in [0.29, 0.717) is 0 Å². The van der Waals surface area contributed by atoms with Crippen molar-refractivity contribution in [2.75, 3.05) is 0 Å². The van der Waals surface area contributed by atoms with E-state index in [2.05, 4.69) is 15.9 Å². The van der Waals surface area contributed by atoms with Crippen LogP contribution in [0.15, 0.2) is 15.3 Å². The molecule has 0 spiro atoms. The Kier molecular flexibility index (Phi) is 2.78. The predicted octanol–water partition coefficient (Wildman–Crippen LogP) is 1.95. The highest BCUT2D eigenvalue weighted by molar-refractivity contribution is 9.10.